The molecule has 1 amide bonds. The van der Waals surface area contributed by atoms with Crippen molar-refractivity contribution in [3.8, 4) is 5.75 Å². The van der Waals surface area contributed by atoms with Crippen LogP contribution in [0, 0.1) is 12.8 Å². The van der Waals surface area contributed by atoms with E-state index in [-0.39, 0.29) is 17.6 Å². The summed E-state index contributed by atoms with van der Waals surface area (Å²) < 4.78 is 0. The van der Waals surface area contributed by atoms with Gasteiger partial charge in [-0.05, 0) is 57.0 Å². The predicted octanol–water partition coefficient (Wildman–Crippen LogP) is 2.03. The van der Waals surface area contributed by atoms with Crippen LogP contribution in [0.15, 0.2) is 18.2 Å². The fraction of sp³-hybridized carbons (Fsp3) is 0.500. The summed E-state index contributed by atoms with van der Waals surface area (Å²) in [6.45, 7) is 4.87. The van der Waals surface area contributed by atoms with Crippen LogP contribution < -0.4 is 10.6 Å². The molecule has 3 N–H and O–H groups in total. The molecule has 1 saturated heterocycles. The van der Waals surface area contributed by atoms with Gasteiger partial charge in [0.25, 0.3) is 0 Å². The van der Waals surface area contributed by atoms with Gasteiger partial charge in [0.2, 0.25) is 5.91 Å². The van der Waals surface area contributed by atoms with Crippen LogP contribution in [-0.2, 0) is 4.79 Å². The summed E-state index contributed by atoms with van der Waals surface area (Å²) in [4.78, 5) is 12.1. The number of aromatic hydroxyl groups is 1. The Hall–Kier alpha value is -1.55. The standard InChI is InChI=1S/C14H20N2O2/c1-9-7-12(17)3-4-13(9)16-14(18)11-5-6-15-10(2)8-11/h3-4,7,10-11,15,17H,5-6,8H2,1-2H3,(H,16,18). The normalized spacial score (nSPS) is 23.7. The Bertz CT molecular complexity index is 445. The zero-order chi connectivity index (χ0) is 13.1. The number of hydrogen-bond donors (Lipinski definition) is 3. The maximum Gasteiger partial charge on any atom is 0.227 e. The third-order valence-electron chi connectivity index (χ3n) is 3.46. The molecular weight excluding hydrogens is 228 g/mol. The molecule has 1 fully saturated rings. The second-order valence-electron chi connectivity index (χ2n) is 5.06. The van der Waals surface area contributed by atoms with Gasteiger partial charge >= 0.3 is 0 Å². The maximum absolute atomic E-state index is 12.1. The van der Waals surface area contributed by atoms with Gasteiger partial charge < -0.3 is 15.7 Å². The molecule has 1 aliphatic heterocycles. The second kappa shape index (κ2) is 5.40. The van der Waals surface area contributed by atoms with Crippen LogP contribution in [0.5, 0.6) is 5.75 Å². The molecule has 0 spiro atoms. The zero-order valence-electron chi connectivity index (χ0n) is 10.9. The SMILES string of the molecule is Cc1cc(O)ccc1NC(=O)C1CCNC(C)C1. The topological polar surface area (TPSA) is 61.4 Å². The number of piperidine rings is 1. The molecule has 98 valence electrons. The lowest BCUT2D eigenvalue weighted by atomic mass is 9.92. The minimum Gasteiger partial charge on any atom is -0.508 e. The van der Waals surface area contributed by atoms with E-state index in [1.165, 1.54) is 0 Å². The van der Waals surface area contributed by atoms with Crippen molar-refractivity contribution in [1.82, 2.24) is 5.32 Å². The fourth-order valence-electron chi connectivity index (χ4n) is 2.39. The number of benzene rings is 1. The Kier molecular flexibility index (Phi) is 3.87. The minimum absolute atomic E-state index is 0.0782. The van der Waals surface area contributed by atoms with Crippen molar-refractivity contribution < 1.29 is 9.90 Å². The van der Waals surface area contributed by atoms with Gasteiger partial charge in [-0.2, -0.15) is 0 Å². The summed E-state index contributed by atoms with van der Waals surface area (Å²) in [6, 6.07) is 5.39. The van der Waals surface area contributed by atoms with Gasteiger partial charge in [-0.1, -0.05) is 0 Å². The molecule has 18 heavy (non-hydrogen) atoms. The molecule has 4 nitrogen and oxygen atoms in total. The van der Waals surface area contributed by atoms with Crippen molar-refractivity contribution in [3.05, 3.63) is 23.8 Å². The lowest BCUT2D eigenvalue weighted by Crippen LogP contribution is -2.40. The molecule has 2 atom stereocenters. The van der Waals surface area contributed by atoms with Crippen LogP contribution in [0.1, 0.15) is 25.3 Å². The highest BCUT2D eigenvalue weighted by molar-refractivity contribution is 5.93. The molecule has 0 aromatic heterocycles. The molecule has 1 aliphatic rings. The van der Waals surface area contributed by atoms with Crippen LogP contribution in [0.4, 0.5) is 5.69 Å². The van der Waals surface area contributed by atoms with E-state index in [1.807, 2.05) is 6.92 Å². The summed E-state index contributed by atoms with van der Waals surface area (Å²) in [6.07, 6.45) is 1.76. The van der Waals surface area contributed by atoms with E-state index in [1.54, 1.807) is 18.2 Å². The molecule has 1 heterocycles. The third-order valence-corrected chi connectivity index (χ3v) is 3.46. The quantitative estimate of drug-likeness (QED) is 0.702. The smallest absolute Gasteiger partial charge is 0.227 e. The van der Waals surface area contributed by atoms with Gasteiger partial charge in [0.15, 0.2) is 0 Å². The number of hydrogen-bond acceptors (Lipinski definition) is 3. The Balaban J connectivity index is 2.02. The monoisotopic (exact) mass is 248 g/mol. The summed E-state index contributed by atoms with van der Waals surface area (Å²) in [5.41, 5.74) is 1.66. The van der Waals surface area contributed by atoms with Crippen molar-refractivity contribution in [2.24, 2.45) is 5.92 Å². The van der Waals surface area contributed by atoms with E-state index >= 15 is 0 Å². The summed E-state index contributed by atoms with van der Waals surface area (Å²) in [5, 5.41) is 15.6. The molecule has 0 bridgehead atoms. The molecule has 0 aliphatic carbocycles. The van der Waals surface area contributed by atoms with E-state index in [9.17, 15) is 9.90 Å². The van der Waals surface area contributed by atoms with Crippen LogP contribution in [0.3, 0.4) is 0 Å². The lowest BCUT2D eigenvalue weighted by molar-refractivity contribution is -0.120. The third kappa shape index (κ3) is 3.01. The van der Waals surface area contributed by atoms with Gasteiger partial charge in [0.1, 0.15) is 5.75 Å². The fourth-order valence-corrected chi connectivity index (χ4v) is 2.39. The molecule has 0 radical (unpaired) electrons. The van der Waals surface area contributed by atoms with Crippen molar-refractivity contribution in [2.75, 3.05) is 11.9 Å². The Morgan fingerprint density at radius 2 is 2.28 bits per heavy atom. The van der Waals surface area contributed by atoms with Gasteiger partial charge in [-0.3, -0.25) is 4.79 Å². The number of amides is 1. The number of nitrogens with one attached hydrogen (secondary N) is 2. The number of aryl methyl sites for hydroxylation is 1. The number of anilines is 1. The molecule has 2 rings (SSSR count). The first-order chi connectivity index (χ1) is 8.56. The summed E-state index contributed by atoms with van der Waals surface area (Å²) in [5.74, 6) is 0.382. The highest BCUT2D eigenvalue weighted by Crippen LogP contribution is 2.23. The minimum atomic E-state index is 0.0782. The molecule has 4 heteroatoms. The first-order valence-electron chi connectivity index (χ1n) is 6.40. The van der Waals surface area contributed by atoms with Crippen LogP contribution >= 0.6 is 0 Å². The second-order valence-corrected chi connectivity index (χ2v) is 5.06. The van der Waals surface area contributed by atoms with Crippen LogP contribution in [0.25, 0.3) is 0 Å². The van der Waals surface area contributed by atoms with Crippen molar-refractivity contribution >= 4 is 11.6 Å². The number of carbonyl (C=O) groups excluding carboxylic acids is 1. The summed E-state index contributed by atoms with van der Waals surface area (Å²) in [7, 11) is 0. The van der Waals surface area contributed by atoms with Crippen LogP contribution in [0.2, 0.25) is 0 Å². The predicted molar refractivity (Wildman–Crippen MR) is 71.7 cm³/mol. The molecular formula is C14H20N2O2. The Morgan fingerprint density at radius 1 is 1.50 bits per heavy atom. The van der Waals surface area contributed by atoms with Gasteiger partial charge in [-0.15, -0.1) is 0 Å². The largest absolute Gasteiger partial charge is 0.508 e. The van der Waals surface area contributed by atoms with E-state index in [0.29, 0.717) is 6.04 Å². The van der Waals surface area contributed by atoms with Crippen molar-refractivity contribution in [2.45, 2.75) is 32.7 Å². The highest BCUT2D eigenvalue weighted by atomic mass is 16.3. The number of rotatable bonds is 2. The van der Waals surface area contributed by atoms with Gasteiger partial charge in [-0.25, -0.2) is 0 Å². The first kappa shape index (κ1) is 12.9. The van der Waals surface area contributed by atoms with E-state index in [0.717, 1.165) is 30.6 Å². The first-order valence-corrected chi connectivity index (χ1v) is 6.40. The molecule has 1 aromatic rings. The van der Waals surface area contributed by atoms with Crippen LogP contribution in [-0.4, -0.2) is 23.6 Å². The maximum atomic E-state index is 12.1. The number of phenols is 1. The average molecular weight is 248 g/mol. The number of carbonyl (C=O) groups is 1. The van der Waals surface area contributed by atoms with Crippen molar-refractivity contribution in [3.63, 3.8) is 0 Å². The molecule has 1 aromatic carbocycles. The molecule has 2 unspecified atom stereocenters. The van der Waals surface area contributed by atoms with Gasteiger partial charge in [0, 0.05) is 17.6 Å². The number of phenolic OH excluding ortho intramolecular Hbond substituents is 1. The highest BCUT2D eigenvalue weighted by Gasteiger charge is 2.24. The van der Waals surface area contributed by atoms with E-state index in [2.05, 4.69) is 17.6 Å². The van der Waals surface area contributed by atoms with Crippen molar-refractivity contribution in [1.29, 1.82) is 0 Å². The Morgan fingerprint density at radius 3 is 2.94 bits per heavy atom. The molecule has 0 saturated carbocycles. The lowest BCUT2D eigenvalue weighted by Gasteiger charge is -2.27. The summed E-state index contributed by atoms with van der Waals surface area (Å²) >= 11 is 0. The zero-order valence-corrected chi connectivity index (χ0v) is 10.9. The van der Waals surface area contributed by atoms with Gasteiger partial charge in [0.05, 0.1) is 0 Å². The Labute approximate surface area is 107 Å². The van der Waals surface area contributed by atoms with E-state index in [4.69, 9.17) is 0 Å². The average Bonchev–Trinajstić information content (AvgIpc) is 2.32. The van der Waals surface area contributed by atoms with E-state index < -0.39 is 0 Å².